The van der Waals surface area contributed by atoms with Crippen LogP contribution in [0.15, 0.2) is 0 Å². The Morgan fingerprint density at radius 1 is 1.70 bits per heavy atom. The molecule has 1 atom stereocenters. The summed E-state index contributed by atoms with van der Waals surface area (Å²) in [6.45, 7) is 4.25. The van der Waals surface area contributed by atoms with Gasteiger partial charge in [-0.05, 0) is 20.3 Å². The number of likely N-dealkylation sites (tertiary alicyclic amines) is 1. The van der Waals surface area contributed by atoms with Crippen LogP contribution in [0.4, 0.5) is 0 Å². The predicted octanol–water partition coefficient (Wildman–Crippen LogP) is -0.0120. The van der Waals surface area contributed by atoms with Gasteiger partial charge >= 0.3 is 0 Å². The van der Waals surface area contributed by atoms with E-state index in [1.54, 1.807) is 18.7 Å². The summed E-state index contributed by atoms with van der Waals surface area (Å²) in [7, 11) is 0. The van der Waals surface area contributed by atoms with Crippen LogP contribution in [0.5, 0.6) is 0 Å². The number of hydrogen-bond donors (Lipinski definition) is 1. The molecule has 1 amide bonds. The van der Waals surface area contributed by atoms with Crippen LogP contribution in [0.2, 0.25) is 0 Å². The molecule has 0 spiro atoms. The van der Waals surface area contributed by atoms with Gasteiger partial charge in [-0.25, -0.2) is 0 Å². The Hall–Kier alpha value is -0.570. The van der Waals surface area contributed by atoms with Gasteiger partial charge in [-0.3, -0.25) is 4.79 Å². The molecule has 1 N–H and O–H groups in total. The molecule has 0 saturated carbocycles. The van der Waals surface area contributed by atoms with Crippen molar-refractivity contribution < 1.29 is 9.90 Å². The maximum atomic E-state index is 10.3. The van der Waals surface area contributed by atoms with Gasteiger partial charge < -0.3 is 10.0 Å². The predicted molar refractivity (Wildman–Crippen MR) is 37.5 cm³/mol. The fraction of sp³-hybridized carbons (Fsp3) is 0.857. The number of nitrogens with zero attached hydrogens (tertiary/aromatic N) is 1. The average molecular weight is 143 g/mol. The zero-order valence-electron chi connectivity index (χ0n) is 6.37. The molecule has 58 valence electrons. The first-order valence-electron chi connectivity index (χ1n) is 3.49. The number of aliphatic hydroxyl groups is 1. The smallest absolute Gasteiger partial charge is 0.210 e. The number of carbonyl (C=O) groups is 1. The highest BCUT2D eigenvalue weighted by molar-refractivity contribution is 5.49. The molecule has 1 saturated heterocycles. The summed E-state index contributed by atoms with van der Waals surface area (Å²) in [4.78, 5) is 11.9. The molecular formula is C7H13NO2. The van der Waals surface area contributed by atoms with Crippen molar-refractivity contribution in [2.45, 2.75) is 31.9 Å². The second kappa shape index (κ2) is 2.23. The highest BCUT2D eigenvalue weighted by atomic mass is 16.3. The highest BCUT2D eigenvalue weighted by Crippen LogP contribution is 2.25. The van der Waals surface area contributed by atoms with Crippen molar-refractivity contribution in [3.8, 4) is 0 Å². The van der Waals surface area contributed by atoms with Gasteiger partial charge in [0.05, 0.1) is 11.6 Å². The molecule has 0 bridgehead atoms. The van der Waals surface area contributed by atoms with Crippen LogP contribution in [0.1, 0.15) is 20.3 Å². The van der Waals surface area contributed by atoms with Gasteiger partial charge in [-0.2, -0.15) is 0 Å². The molecule has 0 radical (unpaired) electrons. The van der Waals surface area contributed by atoms with Gasteiger partial charge in [0.1, 0.15) is 0 Å². The highest BCUT2D eigenvalue weighted by Gasteiger charge is 2.37. The second-order valence-electron chi connectivity index (χ2n) is 3.30. The molecule has 0 unspecified atom stereocenters. The van der Waals surface area contributed by atoms with Crippen LogP contribution in [0, 0.1) is 0 Å². The summed E-state index contributed by atoms with van der Waals surface area (Å²) < 4.78 is 0. The molecule has 1 aliphatic rings. The van der Waals surface area contributed by atoms with Crippen LogP contribution in [0.25, 0.3) is 0 Å². The molecule has 0 aromatic heterocycles. The van der Waals surface area contributed by atoms with E-state index in [2.05, 4.69) is 0 Å². The fourth-order valence-corrected chi connectivity index (χ4v) is 1.29. The molecule has 0 aromatic rings. The second-order valence-corrected chi connectivity index (χ2v) is 3.30. The first-order valence-corrected chi connectivity index (χ1v) is 3.49. The topological polar surface area (TPSA) is 40.5 Å². The Morgan fingerprint density at radius 2 is 2.30 bits per heavy atom. The lowest BCUT2D eigenvalue weighted by Gasteiger charge is -2.45. The lowest BCUT2D eigenvalue weighted by atomic mass is 9.89. The van der Waals surface area contributed by atoms with Crippen molar-refractivity contribution in [2.75, 3.05) is 6.54 Å². The van der Waals surface area contributed by atoms with Crippen molar-refractivity contribution in [1.82, 2.24) is 4.90 Å². The average Bonchev–Trinajstić information content (AvgIpc) is 1.57. The standard InChI is InChI=1S/C7H13NO2/c1-7(2,10)6-3-4-8(6)5-9/h5-6,10H,3-4H2,1-2H3/t6-/m0/s1. The molecule has 0 aliphatic carbocycles. The van der Waals surface area contributed by atoms with Gasteiger partial charge in [0.15, 0.2) is 0 Å². The van der Waals surface area contributed by atoms with E-state index in [0.29, 0.717) is 0 Å². The SMILES string of the molecule is CC(C)(O)[C@@H]1CCN1C=O. The number of hydrogen-bond acceptors (Lipinski definition) is 2. The van der Waals surface area contributed by atoms with Gasteiger partial charge in [-0.15, -0.1) is 0 Å². The van der Waals surface area contributed by atoms with Crippen molar-refractivity contribution in [3.63, 3.8) is 0 Å². The van der Waals surface area contributed by atoms with Gasteiger partial charge in [0.25, 0.3) is 0 Å². The third kappa shape index (κ3) is 1.14. The zero-order valence-corrected chi connectivity index (χ0v) is 6.37. The maximum absolute atomic E-state index is 10.3. The number of rotatable bonds is 2. The maximum Gasteiger partial charge on any atom is 0.210 e. The summed E-state index contributed by atoms with van der Waals surface area (Å²) in [5, 5.41) is 9.44. The summed E-state index contributed by atoms with van der Waals surface area (Å²) in [6.07, 6.45) is 1.72. The normalized spacial score (nSPS) is 25.9. The van der Waals surface area contributed by atoms with E-state index in [1.165, 1.54) is 0 Å². The molecule has 10 heavy (non-hydrogen) atoms. The molecule has 1 aliphatic heterocycles. The van der Waals surface area contributed by atoms with Crippen LogP contribution >= 0.6 is 0 Å². The largest absolute Gasteiger partial charge is 0.388 e. The quantitative estimate of drug-likeness (QED) is 0.552. The van der Waals surface area contributed by atoms with Crippen LogP contribution in [-0.4, -0.2) is 34.6 Å². The Labute approximate surface area is 60.6 Å². The zero-order chi connectivity index (χ0) is 7.78. The lowest BCUT2D eigenvalue weighted by Crippen LogP contribution is -2.57. The van der Waals surface area contributed by atoms with E-state index in [9.17, 15) is 9.90 Å². The molecule has 1 rings (SSSR count). The van der Waals surface area contributed by atoms with Crippen LogP contribution in [0.3, 0.4) is 0 Å². The lowest BCUT2D eigenvalue weighted by molar-refractivity contribution is -0.135. The molecule has 3 heteroatoms. The van der Waals surface area contributed by atoms with Gasteiger partial charge in [0, 0.05) is 6.54 Å². The third-order valence-electron chi connectivity index (χ3n) is 2.01. The minimum atomic E-state index is -0.737. The Kier molecular flexibility index (Phi) is 1.68. The van der Waals surface area contributed by atoms with E-state index in [-0.39, 0.29) is 6.04 Å². The first-order chi connectivity index (χ1) is 4.55. The molecular weight excluding hydrogens is 130 g/mol. The molecule has 1 fully saturated rings. The van der Waals surface area contributed by atoms with Crippen LogP contribution < -0.4 is 0 Å². The van der Waals surface area contributed by atoms with E-state index in [0.717, 1.165) is 19.4 Å². The minimum Gasteiger partial charge on any atom is -0.388 e. The van der Waals surface area contributed by atoms with E-state index >= 15 is 0 Å². The van der Waals surface area contributed by atoms with Crippen molar-refractivity contribution in [1.29, 1.82) is 0 Å². The van der Waals surface area contributed by atoms with Crippen LogP contribution in [-0.2, 0) is 4.79 Å². The summed E-state index contributed by atoms with van der Waals surface area (Å²) in [5.41, 5.74) is -0.737. The van der Waals surface area contributed by atoms with Crippen molar-refractivity contribution in [2.24, 2.45) is 0 Å². The first kappa shape index (κ1) is 7.54. The number of carbonyl (C=O) groups excluding carboxylic acids is 1. The molecule has 0 aromatic carbocycles. The monoisotopic (exact) mass is 143 g/mol. The van der Waals surface area contributed by atoms with E-state index < -0.39 is 5.60 Å². The minimum absolute atomic E-state index is 0.0324. The summed E-state index contributed by atoms with van der Waals surface area (Å²) >= 11 is 0. The van der Waals surface area contributed by atoms with Crippen molar-refractivity contribution >= 4 is 6.41 Å². The Balaban J connectivity index is 2.50. The van der Waals surface area contributed by atoms with Crippen molar-refractivity contribution in [3.05, 3.63) is 0 Å². The summed E-state index contributed by atoms with van der Waals surface area (Å²) in [5.74, 6) is 0. The summed E-state index contributed by atoms with van der Waals surface area (Å²) in [6, 6.07) is 0.0324. The Bertz CT molecular complexity index is 139. The Morgan fingerprint density at radius 3 is 2.40 bits per heavy atom. The molecule has 3 nitrogen and oxygen atoms in total. The fourth-order valence-electron chi connectivity index (χ4n) is 1.29. The van der Waals surface area contributed by atoms with Gasteiger partial charge in [0.2, 0.25) is 6.41 Å². The third-order valence-corrected chi connectivity index (χ3v) is 2.01. The van der Waals surface area contributed by atoms with E-state index in [1.807, 2.05) is 0 Å². The van der Waals surface area contributed by atoms with E-state index in [4.69, 9.17) is 0 Å². The van der Waals surface area contributed by atoms with Gasteiger partial charge in [-0.1, -0.05) is 0 Å². The molecule has 1 heterocycles. The number of amides is 1.